The average molecular weight is 422 g/mol. The topological polar surface area (TPSA) is 85.4 Å². The van der Waals surface area contributed by atoms with Crippen molar-refractivity contribution in [3.63, 3.8) is 0 Å². The van der Waals surface area contributed by atoms with Crippen LogP contribution in [-0.2, 0) is 4.74 Å². The fraction of sp³-hybridized carbons (Fsp3) is 0.389. The molecular weight excluding hydrogens is 402 g/mol. The van der Waals surface area contributed by atoms with Crippen molar-refractivity contribution in [1.29, 1.82) is 0 Å². The molecule has 1 aromatic carbocycles. The van der Waals surface area contributed by atoms with E-state index in [-0.39, 0.29) is 0 Å². The van der Waals surface area contributed by atoms with Crippen molar-refractivity contribution in [2.45, 2.75) is 10.2 Å². The number of nitrogens with one attached hydrogen (secondary N) is 1. The molecule has 0 atom stereocenters. The number of benzene rings is 1. The van der Waals surface area contributed by atoms with Crippen LogP contribution in [0.2, 0.25) is 5.02 Å². The Balaban J connectivity index is 1.55. The third kappa shape index (κ3) is 4.33. The summed E-state index contributed by atoms with van der Waals surface area (Å²) in [5, 5.41) is 10.4. The van der Waals surface area contributed by atoms with E-state index in [2.05, 4.69) is 25.1 Å². The van der Waals surface area contributed by atoms with Gasteiger partial charge >= 0.3 is 0 Å². The fourth-order valence-electron chi connectivity index (χ4n) is 2.97. The van der Waals surface area contributed by atoms with E-state index >= 15 is 0 Å². The van der Waals surface area contributed by atoms with Gasteiger partial charge in [-0.05, 0) is 23.9 Å². The Hall–Kier alpha value is -2.07. The summed E-state index contributed by atoms with van der Waals surface area (Å²) in [7, 11) is 1.62. The van der Waals surface area contributed by atoms with Crippen LogP contribution in [0.5, 0.6) is 11.5 Å². The number of hydrogen-bond donors (Lipinski definition) is 1. The zero-order valence-corrected chi connectivity index (χ0v) is 16.9. The first-order valence-electron chi connectivity index (χ1n) is 8.88. The highest BCUT2D eigenvalue weighted by molar-refractivity contribution is 7.99. The highest BCUT2D eigenvalue weighted by Gasteiger charge is 2.16. The molecule has 0 spiro atoms. The molecule has 1 fully saturated rings. The lowest BCUT2D eigenvalue weighted by molar-refractivity contribution is 0.0322. The summed E-state index contributed by atoms with van der Waals surface area (Å²) in [6, 6.07) is 5.63. The Morgan fingerprint density at radius 1 is 1.29 bits per heavy atom. The average Bonchev–Trinajstić information content (AvgIpc) is 3.23. The first kappa shape index (κ1) is 19.3. The molecule has 0 unspecified atom stereocenters. The number of aromatic amines is 1. The Morgan fingerprint density at radius 2 is 2.14 bits per heavy atom. The number of nitrogens with zero attached hydrogens (tertiary/aromatic N) is 4. The zero-order chi connectivity index (χ0) is 19.3. The number of ether oxygens (including phenoxy) is 3. The summed E-state index contributed by atoms with van der Waals surface area (Å²) in [6.07, 6.45) is 1.52. The normalized spacial score (nSPS) is 15.1. The van der Waals surface area contributed by atoms with E-state index in [1.54, 1.807) is 7.11 Å². The maximum Gasteiger partial charge on any atom is 0.194 e. The molecule has 0 bridgehead atoms. The standard InChI is InChI=1S/C18H20ClN5O3S/c1-25-14-10-15(28-18-20-11-21-23-18)22-17-12(14)2-3-13(16(17)19)27-9-6-24-4-7-26-8-5-24/h2-3,10-11H,4-9H2,1H3,(H,20,21,23). The molecule has 1 saturated heterocycles. The maximum atomic E-state index is 6.62. The molecular formula is C18H20ClN5O3S. The summed E-state index contributed by atoms with van der Waals surface area (Å²) in [4.78, 5) is 9.93. The molecule has 2 aromatic heterocycles. The maximum absolute atomic E-state index is 6.62. The Kier molecular flexibility index (Phi) is 6.16. The monoisotopic (exact) mass is 421 g/mol. The van der Waals surface area contributed by atoms with Gasteiger partial charge in [0.15, 0.2) is 5.16 Å². The molecule has 0 saturated carbocycles. The number of morpholine rings is 1. The molecule has 28 heavy (non-hydrogen) atoms. The molecule has 0 aliphatic carbocycles. The minimum atomic E-state index is 0.470. The van der Waals surface area contributed by atoms with Crippen molar-refractivity contribution < 1.29 is 14.2 Å². The van der Waals surface area contributed by atoms with E-state index in [1.807, 2.05) is 18.2 Å². The minimum absolute atomic E-state index is 0.470. The summed E-state index contributed by atoms with van der Waals surface area (Å²) in [5.41, 5.74) is 0.631. The second-order valence-corrected chi connectivity index (χ2v) is 7.52. The smallest absolute Gasteiger partial charge is 0.194 e. The van der Waals surface area contributed by atoms with Crippen LogP contribution in [0.4, 0.5) is 0 Å². The van der Waals surface area contributed by atoms with E-state index in [1.165, 1.54) is 18.1 Å². The van der Waals surface area contributed by atoms with E-state index in [0.717, 1.165) is 38.2 Å². The third-order valence-corrected chi connectivity index (χ3v) is 5.58. The number of H-pyrrole nitrogens is 1. The highest BCUT2D eigenvalue weighted by Crippen LogP contribution is 2.38. The van der Waals surface area contributed by atoms with Gasteiger partial charge in [-0.1, -0.05) is 11.6 Å². The quantitative estimate of drug-likeness (QED) is 0.623. The second kappa shape index (κ2) is 8.95. The summed E-state index contributed by atoms with van der Waals surface area (Å²) >= 11 is 7.98. The molecule has 1 N–H and O–H groups in total. The number of pyridine rings is 1. The number of rotatable bonds is 7. The van der Waals surface area contributed by atoms with Gasteiger partial charge in [-0.3, -0.25) is 4.90 Å². The molecule has 1 aliphatic rings. The highest BCUT2D eigenvalue weighted by atomic mass is 35.5. The van der Waals surface area contributed by atoms with Gasteiger partial charge in [0.25, 0.3) is 0 Å². The van der Waals surface area contributed by atoms with Crippen molar-refractivity contribution in [2.24, 2.45) is 0 Å². The molecule has 3 heterocycles. The molecule has 10 heteroatoms. The largest absolute Gasteiger partial charge is 0.496 e. The van der Waals surface area contributed by atoms with E-state index in [4.69, 9.17) is 25.8 Å². The minimum Gasteiger partial charge on any atom is -0.496 e. The van der Waals surface area contributed by atoms with Crippen molar-refractivity contribution >= 4 is 34.3 Å². The van der Waals surface area contributed by atoms with Crippen LogP contribution >= 0.6 is 23.4 Å². The van der Waals surface area contributed by atoms with Crippen molar-refractivity contribution in [1.82, 2.24) is 25.1 Å². The van der Waals surface area contributed by atoms with Crippen molar-refractivity contribution in [2.75, 3.05) is 46.6 Å². The number of methoxy groups -OCH3 is 1. The predicted molar refractivity (Wildman–Crippen MR) is 107 cm³/mol. The van der Waals surface area contributed by atoms with Crippen LogP contribution in [0.25, 0.3) is 10.9 Å². The lowest BCUT2D eigenvalue weighted by Crippen LogP contribution is -2.38. The van der Waals surface area contributed by atoms with Crippen molar-refractivity contribution in [3.05, 3.63) is 29.5 Å². The first-order valence-corrected chi connectivity index (χ1v) is 10.1. The van der Waals surface area contributed by atoms with Gasteiger partial charge < -0.3 is 19.2 Å². The SMILES string of the molecule is COc1cc(Sc2nnc[nH]2)nc2c(Cl)c(OCCN3CCOCC3)ccc12. The predicted octanol–water partition coefficient (Wildman–Crippen LogP) is 2.88. The van der Waals surface area contributed by atoms with Gasteiger partial charge in [0.2, 0.25) is 0 Å². The van der Waals surface area contributed by atoms with Gasteiger partial charge in [0.1, 0.15) is 34.5 Å². The summed E-state index contributed by atoms with van der Waals surface area (Å²) in [5.74, 6) is 1.30. The summed E-state index contributed by atoms with van der Waals surface area (Å²) in [6.45, 7) is 4.77. The van der Waals surface area contributed by atoms with Crippen LogP contribution in [0.1, 0.15) is 0 Å². The van der Waals surface area contributed by atoms with Gasteiger partial charge in [0, 0.05) is 31.1 Å². The Labute approximate surface area is 171 Å². The van der Waals surface area contributed by atoms with Crippen LogP contribution in [0.3, 0.4) is 0 Å². The van der Waals surface area contributed by atoms with Crippen LogP contribution in [0.15, 0.2) is 34.7 Å². The summed E-state index contributed by atoms with van der Waals surface area (Å²) < 4.78 is 16.8. The molecule has 3 aromatic rings. The van der Waals surface area contributed by atoms with Gasteiger partial charge in [-0.25, -0.2) is 4.98 Å². The molecule has 1 aliphatic heterocycles. The van der Waals surface area contributed by atoms with Crippen LogP contribution < -0.4 is 9.47 Å². The van der Waals surface area contributed by atoms with Crippen molar-refractivity contribution in [3.8, 4) is 11.5 Å². The van der Waals surface area contributed by atoms with Crippen LogP contribution in [-0.4, -0.2) is 71.6 Å². The van der Waals surface area contributed by atoms with Gasteiger partial charge in [-0.2, -0.15) is 0 Å². The first-order chi connectivity index (χ1) is 13.7. The molecule has 0 radical (unpaired) electrons. The third-order valence-electron chi connectivity index (χ3n) is 4.41. The number of halogens is 1. The Morgan fingerprint density at radius 3 is 2.89 bits per heavy atom. The lowest BCUT2D eigenvalue weighted by Gasteiger charge is -2.26. The van der Waals surface area contributed by atoms with E-state index in [0.29, 0.717) is 38.8 Å². The molecule has 0 amide bonds. The van der Waals surface area contributed by atoms with Gasteiger partial charge in [-0.15, -0.1) is 10.2 Å². The fourth-order valence-corrected chi connectivity index (χ4v) is 3.93. The van der Waals surface area contributed by atoms with Gasteiger partial charge in [0.05, 0.1) is 25.8 Å². The number of hydrogen-bond acceptors (Lipinski definition) is 8. The second-order valence-electron chi connectivity index (χ2n) is 6.14. The lowest BCUT2D eigenvalue weighted by atomic mass is 10.2. The Bertz CT molecular complexity index is 935. The van der Waals surface area contributed by atoms with E-state index < -0.39 is 0 Å². The molecule has 8 nitrogen and oxygen atoms in total. The van der Waals surface area contributed by atoms with Crippen LogP contribution in [0, 0.1) is 0 Å². The van der Waals surface area contributed by atoms with E-state index in [9.17, 15) is 0 Å². The zero-order valence-electron chi connectivity index (χ0n) is 15.4. The number of fused-ring (bicyclic) bond motifs is 1. The molecule has 4 rings (SSSR count). The number of aromatic nitrogens is 4. The molecule has 148 valence electrons.